The first-order valence-electron chi connectivity index (χ1n) is 2.93. The topological polar surface area (TPSA) is 29.5 Å². The molecular weight excluding hydrogens is 169 g/mol. The van der Waals surface area contributed by atoms with Crippen molar-refractivity contribution in [2.75, 3.05) is 0 Å². The van der Waals surface area contributed by atoms with Crippen molar-refractivity contribution in [2.45, 2.75) is 0 Å². The molecule has 0 aromatic heterocycles. The number of hydrogen-bond donors (Lipinski definition) is 1. The average molecular weight is 174 g/mol. The minimum atomic E-state index is -0.503. The Bertz CT molecular complexity index is 256. The van der Waals surface area contributed by atoms with E-state index < -0.39 is 13.5 Å². The van der Waals surface area contributed by atoms with E-state index in [1.165, 1.54) is 18.2 Å². The third-order valence-corrected chi connectivity index (χ3v) is 1.41. The molecule has 0 saturated heterocycles. The summed E-state index contributed by atoms with van der Waals surface area (Å²) in [5, 5.41) is 8.30. The molecule has 5 heteroatoms. The van der Waals surface area contributed by atoms with E-state index in [0.29, 0.717) is 5.75 Å². The zero-order chi connectivity index (χ0) is 8.27. The molecule has 0 radical (unpaired) electrons. The van der Waals surface area contributed by atoms with Gasteiger partial charge in [-0.2, -0.15) is 0 Å². The van der Waals surface area contributed by atoms with E-state index in [1.807, 2.05) is 0 Å². The molecular formula is C6H5BClFO2. The van der Waals surface area contributed by atoms with Gasteiger partial charge in [-0.05, 0) is 18.2 Å². The van der Waals surface area contributed by atoms with Gasteiger partial charge >= 0.3 is 7.69 Å². The highest BCUT2D eigenvalue weighted by Crippen LogP contribution is 2.20. The summed E-state index contributed by atoms with van der Waals surface area (Å²) in [5.74, 6) is -0.157. The molecule has 0 aliphatic rings. The molecule has 1 aromatic rings. The molecule has 2 nitrogen and oxygen atoms in total. The standard InChI is InChI=1S/C6H5BClFO2/c8-5-3-4(11-7-10)1-2-6(5)9/h1-3,7,10H. The Morgan fingerprint density at radius 2 is 2.27 bits per heavy atom. The largest absolute Gasteiger partial charge is 0.539 e. The van der Waals surface area contributed by atoms with Gasteiger partial charge in [-0.15, -0.1) is 0 Å². The quantitative estimate of drug-likeness (QED) is 0.681. The van der Waals surface area contributed by atoms with Crippen LogP contribution >= 0.6 is 11.6 Å². The summed E-state index contributed by atoms with van der Waals surface area (Å²) in [4.78, 5) is 0. The minimum absolute atomic E-state index is 0.0176. The fourth-order valence-electron chi connectivity index (χ4n) is 0.641. The van der Waals surface area contributed by atoms with Crippen molar-refractivity contribution in [2.24, 2.45) is 0 Å². The molecule has 0 amide bonds. The van der Waals surface area contributed by atoms with E-state index in [9.17, 15) is 4.39 Å². The second kappa shape index (κ2) is 3.60. The van der Waals surface area contributed by atoms with Crippen molar-refractivity contribution >= 4 is 19.3 Å². The third-order valence-electron chi connectivity index (χ3n) is 1.12. The SMILES string of the molecule is OBOc1ccc(F)c(Cl)c1. The molecule has 0 aliphatic heterocycles. The van der Waals surface area contributed by atoms with Crippen molar-refractivity contribution in [3.05, 3.63) is 29.0 Å². The van der Waals surface area contributed by atoms with Gasteiger partial charge in [-0.3, -0.25) is 0 Å². The highest BCUT2D eigenvalue weighted by atomic mass is 35.5. The summed E-state index contributed by atoms with van der Waals surface area (Å²) in [6.45, 7) is 0. The maximum Gasteiger partial charge on any atom is 0.504 e. The lowest BCUT2D eigenvalue weighted by molar-refractivity contribution is 0.453. The molecule has 0 bridgehead atoms. The molecule has 0 atom stereocenters. The highest BCUT2D eigenvalue weighted by Gasteiger charge is 2.00. The van der Waals surface area contributed by atoms with Gasteiger partial charge in [-0.25, -0.2) is 4.39 Å². The first-order valence-corrected chi connectivity index (χ1v) is 3.30. The van der Waals surface area contributed by atoms with Crippen LogP contribution in [0.25, 0.3) is 0 Å². The summed E-state index contributed by atoms with van der Waals surface area (Å²) in [6, 6.07) is 3.86. The third kappa shape index (κ3) is 2.10. The Morgan fingerprint density at radius 3 is 2.82 bits per heavy atom. The van der Waals surface area contributed by atoms with Crippen LogP contribution in [0.1, 0.15) is 0 Å². The van der Waals surface area contributed by atoms with Crippen LogP contribution < -0.4 is 4.65 Å². The number of halogens is 2. The molecule has 58 valence electrons. The second-order valence-corrected chi connectivity index (χ2v) is 2.26. The van der Waals surface area contributed by atoms with Crippen molar-refractivity contribution in [3.63, 3.8) is 0 Å². The maximum absolute atomic E-state index is 12.5. The Balaban J connectivity index is 2.86. The van der Waals surface area contributed by atoms with E-state index in [4.69, 9.17) is 16.6 Å². The predicted octanol–water partition coefficient (Wildman–Crippen LogP) is 1.12. The van der Waals surface area contributed by atoms with E-state index in [2.05, 4.69) is 4.65 Å². The van der Waals surface area contributed by atoms with Crippen molar-refractivity contribution < 1.29 is 14.1 Å². The van der Waals surface area contributed by atoms with E-state index in [0.717, 1.165) is 0 Å². The van der Waals surface area contributed by atoms with Crippen LogP contribution in [-0.4, -0.2) is 12.7 Å². The summed E-state index contributed by atoms with van der Waals surface area (Å²) in [7, 11) is -0.442. The van der Waals surface area contributed by atoms with Crippen LogP contribution in [0.15, 0.2) is 18.2 Å². The van der Waals surface area contributed by atoms with Crippen molar-refractivity contribution in [3.8, 4) is 5.75 Å². The molecule has 0 spiro atoms. The Labute approximate surface area is 68.9 Å². The molecule has 0 saturated carbocycles. The Hall–Kier alpha value is -0.735. The predicted molar refractivity (Wildman–Crippen MR) is 41.4 cm³/mol. The molecule has 1 N–H and O–H groups in total. The van der Waals surface area contributed by atoms with Crippen LogP contribution in [0, 0.1) is 5.82 Å². The molecule has 1 rings (SSSR count). The van der Waals surface area contributed by atoms with Gasteiger partial charge in [0.25, 0.3) is 0 Å². The van der Waals surface area contributed by atoms with Gasteiger partial charge in [0.1, 0.15) is 11.6 Å². The molecule has 0 heterocycles. The van der Waals surface area contributed by atoms with Crippen LogP contribution in [0.4, 0.5) is 4.39 Å². The van der Waals surface area contributed by atoms with Gasteiger partial charge in [-0.1, -0.05) is 11.6 Å². The lowest BCUT2D eigenvalue weighted by atomic mass is 10.3. The summed E-state index contributed by atoms with van der Waals surface area (Å²) >= 11 is 5.41. The second-order valence-electron chi connectivity index (χ2n) is 1.85. The Kier molecular flexibility index (Phi) is 2.73. The van der Waals surface area contributed by atoms with Crippen LogP contribution in [0.2, 0.25) is 5.02 Å². The van der Waals surface area contributed by atoms with Crippen molar-refractivity contribution in [1.82, 2.24) is 0 Å². The molecule has 0 fully saturated rings. The summed E-state index contributed by atoms with van der Waals surface area (Å²) < 4.78 is 17.1. The van der Waals surface area contributed by atoms with Gasteiger partial charge < -0.3 is 9.68 Å². The first-order chi connectivity index (χ1) is 5.24. The number of rotatable bonds is 2. The average Bonchev–Trinajstić information content (AvgIpc) is 1.98. The monoisotopic (exact) mass is 174 g/mol. The number of hydrogen-bond acceptors (Lipinski definition) is 2. The number of benzene rings is 1. The van der Waals surface area contributed by atoms with E-state index in [1.54, 1.807) is 0 Å². The van der Waals surface area contributed by atoms with Gasteiger partial charge in [0.2, 0.25) is 0 Å². The fraction of sp³-hybridized carbons (Fsp3) is 0. The maximum atomic E-state index is 12.5. The molecule has 1 aromatic carbocycles. The van der Waals surface area contributed by atoms with Crippen LogP contribution in [0.5, 0.6) is 5.75 Å². The summed E-state index contributed by atoms with van der Waals surface area (Å²) in [5.41, 5.74) is 0. The minimum Gasteiger partial charge on any atom is -0.539 e. The van der Waals surface area contributed by atoms with Gasteiger partial charge in [0.15, 0.2) is 0 Å². The fourth-order valence-corrected chi connectivity index (χ4v) is 0.812. The molecule has 0 unspecified atom stereocenters. The van der Waals surface area contributed by atoms with Crippen molar-refractivity contribution in [1.29, 1.82) is 0 Å². The Morgan fingerprint density at radius 1 is 1.55 bits per heavy atom. The first kappa shape index (κ1) is 8.36. The zero-order valence-electron chi connectivity index (χ0n) is 5.55. The van der Waals surface area contributed by atoms with Crippen LogP contribution in [0.3, 0.4) is 0 Å². The molecule has 11 heavy (non-hydrogen) atoms. The van der Waals surface area contributed by atoms with Gasteiger partial charge in [0.05, 0.1) is 5.02 Å². The molecule has 0 aliphatic carbocycles. The lowest BCUT2D eigenvalue weighted by Gasteiger charge is -2.01. The summed E-state index contributed by atoms with van der Waals surface area (Å²) in [6.07, 6.45) is 0. The smallest absolute Gasteiger partial charge is 0.504 e. The van der Waals surface area contributed by atoms with E-state index >= 15 is 0 Å². The normalized spacial score (nSPS) is 9.36. The van der Waals surface area contributed by atoms with Crippen LogP contribution in [-0.2, 0) is 0 Å². The lowest BCUT2D eigenvalue weighted by Crippen LogP contribution is -1.99. The highest BCUT2D eigenvalue weighted by molar-refractivity contribution is 6.30. The van der Waals surface area contributed by atoms with E-state index in [-0.39, 0.29) is 5.02 Å². The zero-order valence-corrected chi connectivity index (χ0v) is 6.31. The van der Waals surface area contributed by atoms with Gasteiger partial charge in [0, 0.05) is 0 Å².